The summed E-state index contributed by atoms with van der Waals surface area (Å²) in [6.07, 6.45) is 1.17. The van der Waals surface area contributed by atoms with E-state index < -0.39 is 0 Å². The highest BCUT2D eigenvalue weighted by Gasteiger charge is 2.07. The SMILES string of the molecule is CCCN(CCSc1ccccc1)Cc1ccccc1N. The van der Waals surface area contributed by atoms with Crippen LogP contribution in [0.2, 0.25) is 0 Å². The standard InChI is InChI=1S/C18H24N2S/c1-2-12-20(15-16-8-6-7-11-18(16)19)13-14-21-17-9-4-3-5-10-17/h3-11H,2,12-15,19H2,1H3. The lowest BCUT2D eigenvalue weighted by atomic mass is 10.1. The van der Waals surface area contributed by atoms with Crippen molar-refractivity contribution in [2.75, 3.05) is 24.6 Å². The lowest BCUT2D eigenvalue weighted by molar-refractivity contribution is 0.283. The Morgan fingerprint density at radius 3 is 2.38 bits per heavy atom. The highest BCUT2D eigenvalue weighted by atomic mass is 32.2. The van der Waals surface area contributed by atoms with E-state index in [0.717, 1.165) is 31.1 Å². The van der Waals surface area contributed by atoms with E-state index in [1.54, 1.807) is 0 Å². The van der Waals surface area contributed by atoms with E-state index in [1.165, 1.54) is 16.9 Å². The molecular formula is C18H24N2S. The topological polar surface area (TPSA) is 29.3 Å². The second kappa shape index (κ2) is 8.75. The van der Waals surface area contributed by atoms with Crippen LogP contribution in [0.3, 0.4) is 0 Å². The molecule has 2 N–H and O–H groups in total. The first-order valence-corrected chi connectivity index (χ1v) is 8.51. The molecule has 112 valence electrons. The van der Waals surface area contributed by atoms with Gasteiger partial charge in [0.1, 0.15) is 0 Å². The van der Waals surface area contributed by atoms with Gasteiger partial charge in [-0.1, -0.05) is 43.3 Å². The Morgan fingerprint density at radius 1 is 0.952 bits per heavy atom. The molecule has 3 heteroatoms. The van der Waals surface area contributed by atoms with Crippen LogP contribution in [0.4, 0.5) is 5.69 Å². The molecule has 0 unspecified atom stereocenters. The molecule has 21 heavy (non-hydrogen) atoms. The van der Waals surface area contributed by atoms with Gasteiger partial charge >= 0.3 is 0 Å². The van der Waals surface area contributed by atoms with Gasteiger partial charge in [0.05, 0.1) is 0 Å². The maximum atomic E-state index is 6.05. The van der Waals surface area contributed by atoms with Gasteiger partial charge in [-0.15, -0.1) is 11.8 Å². The monoisotopic (exact) mass is 300 g/mol. The largest absolute Gasteiger partial charge is 0.398 e. The highest BCUT2D eigenvalue weighted by molar-refractivity contribution is 7.99. The summed E-state index contributed by atoms with van der Waals surface area (Å²) in [4.78, 5) is 3.83. The molecule has 2 aromatic carbocycles. The summed E-state index contributed by atoms with van der Waals surface area (Å²) >= 11 is 1.92. The number of hydrogen-bond acceptors (Lipinski definition) is 3. The zero-order valence-corrected chi connectivity index (χ0v) is 13.5. The van der Waals surface area contributed by atoms with Crippen LogP contribution in [0.15, 0.2) is 59.5 Å². The minimum atomic E-state index is 0.898. The fourth-order valence-electron chi connectivity index (χ4n) is 2.31. The smallest absolute Gasteiger partial charge is 0.0359 e. The van der Waals surface area contributed by atoms with Crippen molar-refractivity contribution in [2.24, 2.45) is 0 Å². The predicted octanol–water partition coefficient (Wildman–Crippen LogP) is 4.27. The van der Waals surface area contributed by atoms with Crippen molar-refractivity contribution in [3.8, 4) is 0 Å². The van der Waals surface area contributed by atoms with Crippen molar-refractivity contribution >= 4 is 17.4 Å². The van der Waals surface area contributed by atoms with E-state index in [1.807, 2.05) is 23.9 Å². The number of rotatable bonds is 8. The first-order chi connectivity index (χ1) is 10.3. The summed E-state index contributed by atoms with van der Waals surface area (Å²) in [6, 6.07) is 18.8. The Morgan fingerprint density at radius 2 is 1.67 bits per heavy atom. The molecule has 2 rings (SSSR count). The van der Waals surface area contributed by atoms with Crippen molar-refractivity contribution < 1.29 is 0 Å². The third-order valence-electron chi connectivity index (χ3n) is 3.41. The van der Waals surface area contributed by atoms with Crippen molar-refractivity contribution in [3.63, 3.8) is 0 Å². The molecule has 0 saturated carbocycles. The third-order valence-corrected chi connectivity index (χ3v) is 4.40. The minimum Gasteiger partial charge on any atom is -0.398 e. The summed E-state index contributed by atoms with van der Waals surface area (Å²) in [5, 5.41) is 0. The molecule has 0 saturated heterocycles. The second-order valence-corrected chi connectivity index (χ2v) is 6.30. The zero-order chi connectivity index (χ0) is 14.9. The molecule has 0 aliphatic carbocycles. The van der Waals surface area contributed by atoms with Crippen LogP contribution in [0.5, 0.6) is 0 Å². The molecule has 2 aromatic rings. The van der Waals surface area contributed by atoms with Gasteiger partial charge in [-0.2, -0.15) is 0 Å². The van der Waals surface area contributed by atoms with Gasteiger partial charge in [0, 0.05) is 29.4 Å². The Bertz CT molecular complexity index is 528. The average Bonchev–Trinajstić information content (AvgIpc) is 2.51. The van der Waals surface area contributed by atoms with Gasteiger partial charge in [-0.05, 0) is 36.7 Å². The fourth-order valence-corrected chi connectivity index (χ4v) is 3.25. The van der Waals surface area contributed by atoms with Crippen LogP contribution < -0.4 is 5.73 Å². The average molecular weight is 300 g/mol. The number of anilines is 1. The zero-order valence-electron chi connectivity index (χ0n) is 12.7. The molecule has 0 atom stereocenters. The van der Waals surface area contributed by atoms with Gasteiger partial charge in [0.15, 0.2) is 0 Å². The molecule has 0 aromatic heterocycles. The van der Waals surface area contributed by atoms with Crippen LogP contribution in [0.25, 0.3) is 0 Å². The van der Waals surface area contributed by atoms with Crippen LogP contribution in [0.1, 0.15) is 18.9 Å². The maximum Gasteiger partial charge on any atom is 0.0359 e. The number of thioether (sulfide) groups is 1. The Balaban J connectivity index is 1.86. The van der Waals surface area contributed by atoms with Crippen LogP contribution in [0, 0.1) is 0 Å². The molecule has 0 aliphatic rings. The number of nitrogens with two attached hydrogens (primary N) is 1. The van der Waals surface area contributed by atoms with Crippen LogP contribution >= 0.6 is 11.8 Å². The third kappa shape index (κ3) is 5.44. The van der Waals surface area contributed by atoms with Crippen molar-refractivity contribution in [1.29, 1.82) is 0 Å². The van der Waals surface area contributed by atoms with Gasteiger partial charge in [-0.3, -0.25) is 4.90 Å². The lowest BCUT2D eigenvalue weighted by Crippen LogP contribution is -2.27. The molecule has 0 radical (unpaired) electrons. The van der Waals surface area contributed by atoms with Crippen LogP contribution in [-0.4, -0.2) is 23.7 Å². The number of nitrogens with zero attached hydrogens (tertiary/aromatic N) is 1. The maximum absolute atomic E-state index is 6.05. The molecule has 0 aliphatic heterocycles. The normalized spacial score (nSPS) is 11.0. The molecule has 0 spiro atoms. The number of hydrogen-bond donors (Lipinski definition) is 1. The number of para-hydroxylation sites is 1. The molecule has 0 amide bonds. The number of benzene rings is 2. The molecule has 0 bridgehead atoms. The van der Waals surface area contributed by atoms with E-state index in [-0.39, 0.29) is 0 Å². The van der Waals surface area contributed by atoms with E-state index >= 15 is 0 Å². The predicted molar refractivity (Wildman–Crippen MR) is 93.6 cm³/mol. The van der Waals surface area contributed by atoms with E-state index in [9.17, 15) is 0 Å². The quantitative estimate of drug-likeness (QED) is 0.583. The van der Waals surface area contributed by atoms with Gasteiger partial charge in [0.2, 0.25) is 0 Å². The Kier molecular flexibility index (Phi) is 6.64. The van der Waals surface area contributed by atoms with E-state index in [4.69, 9.17) is 5.73 Å². The van der Waals surface area contributed by atoms with Crippen molar-refractivity contribution in [3.05, 3.63) is 60.2 Å². The van der Waals surface area contributed by atoms with E-state index in [2.05, 4.69) is 54.3 Å². The van der Waals surface area contributed by atoms with Gasteiger partial charge in [0.25, 0.3) is 0 Å². The summed E-state index contributed by atoms with van der Waals surface area (Å²) in [5.41, 5.74) is 8.18. The van der Waals surface area contributed by atoms with Gasteiger partial charge in [-0.25, -0.2) is 0 Å². The highest BCUT2D eigenvalue weighted by Crippen LogP contribution is 2.18. The first-order valence-electron chi connectivity index (χ1n) is 7.53. The summed E-state index contributed by atoms with van der Waals surface area (Å²) < 4.78 is 0. The Labute approximate surface area is 132 Å². The molecular weight excluding hydrogens is 276 g/mol. The molecule has 0 fully saturated rings. The van der Waals surface area contributed by atoms with Crippen molar-refractivity contribution in [2.45, 2.75) is 24.8 Å². The van der Waals surface area contributed by atoms with E-state index in [0.29, 0.717) is 0 Å². The summed E-state index contributed by atoms with van der Waals surface area (Å²) in [5.74, 6) is 1.11. The second-order valence-electron chi connectivity index (χ2n) is 5.14. The van der Waals surface area contributed by atoms with Crippen LogP contribution in [-0.2, 0) is 6.54 Å². The van der Waals surface area contributed by atoms with Gasteiger partial charge < -0.3 is 5.73 Å². The fraction of sp³-hybridized carbons (Fsp3) is 0.333. The Hall–Kier alpha value is -1.45. The molecule has 2 nitrogen and oxygen atoms in total. The summed E-state index contributed by atoms with van der Waals surface area (Å²) in [6.45, 7) is 5.37. The first kappa shape index (κ1) is 15.9. The lowest BCUT2D eigenvalue weighted by Gasteiger charge is -2.22. The van der Waals surface area contributed by atoms with Crippen molar-refractivity contribution in [1.82, 2.24) is 4.90 Å². The molecule has 0 heterocycles. The summed E-state index contributed by atoms with van der Waals surface area (Å²) in [7, 11) is 0. The minimum absolute atomic E-state index is 0.898. The number of nitrogen functional groups attached to an aromatic ring is 1.